The maximum absolute atomic E-state index is 13.7. The molecule has 0 amide bonds. The fraction of sp³-hybridized carbons (Fsp3) is 0.381. The molecule has 6 heteroatoms. The van der Waals surface area contributed by atoms with Gasteiger partial charge in [-0.1, -0.05) is 36.4 Å². The summed E-state index contributed by atoms with van der Waals surface area (Å²) in [7, 11) is 0. The van der Waals surface area contributed by atoms with E-state index in [1.165, 1.54) is 6.07 Å². The van der Waals surface area contributed by atoms with E-state index in [0.29, 0.717) is 17.0 Å². The Morgan fingerprint density at radius 3 is 2.37 bits per heavy atom. The van der Waals surface area contributed by atoms with Crippen LogP contribution in [0.2, 0.25) is 0 Å². The number of carbonyl (C=O) groups is 1. The molecule has 2 aromatic carbocycles. The molecule has 5 rings (SSSR count). The number of hydrogen-bond acceptors (Lipinski definition) is 4. The number of piperidine rings is 3. The third-order valence-electron chi connectivity index (χ3n) is 5.41. The van der Waals surface area contributed by atoms with E-state index >= 15 is 0 Å². The Morgan fingerprint density at radius 1 is 1.00 bits per heavy atom. The maximum atomic E-state index is 13.7. The Hall–Kier alpha value is -2.47. The number of fused-ring (bicyclic) bond motifs is 3. The van der Waals surface area contributed by atoms with Gasteiger partial charge in [0.2, 0.25) is 0 Å². The Balaban J connectivity index is 1.52. The predicted molar refractivity (Wildman–Crippen MR) is 95.2 cm³/mol. The van der Waals surface area contributed by atoms with Crippen LogP contribution in [0.15, 0.2) is 48.5 Å². The van der Waals surface area contributed by atoms with Gasteiger partial charge in [-0.05, 0) is 49.5 Å². The highest BCUT2D eigenvalue weighted by atomic mass is 19.2. The standard InChI is InChI=1S/C21H21F2NO3/c22-17-7-6-16(12-18(17)23)20(15-4-2-1-3-5-15)27-21(25)26-19-13-24-10-8-14(19)9-11-24/h1-7,12,14,19-20H,8-11,13H2. The van der Waals surface area contributed by atoms with Gasteiger partial charge in [-0.2, -0.15) is 0 Å². The lowest BCUT2D eigenvalue weighted by molar-refractivity contribution is -0.0642. The van der Waals surface area contributed by atoms with Crippen molar-refractivity contribution in [2.24, 2.45) is 5.92 Å². The summed E-state index contributed by atoms with van der Waals surface area (Å²) in [6.45, 7) is 2.81. The number of benzene rings is 2. The minimum atomic E-state index is -0.984. The highest BCUT2D eigenvalue weighted by Gasteiger charge is 2.37. The second-order valence-corrected chi connectivity index (χ2v) is 7.13. The summed E-state index contributed by atoms with van der Waals surface area (Å²) < 4.78 is 38.2. The van der Waals surface area contributed by atoms with Crippen molar-refractivity contribution in [2.45, 2.75) is 25.0 Å². The fourth-order valence-corrected chi connectivity index (χ4v) is 3.92. The number of carbonyl (C=O) groups excluding carboxylic acids is 1. The van der Waals surface area contributed by atoms with Crippen LogP contribution in [0, 0.1) is 17.6 Å². The topological polar surface area (TPSA) is 38.8 Å². The summed E-state index contributed by atoms with van der Waals surface area (Å²) in [6, 6.07) is 12.5. The first kappa shape index (κ1) is 17.9. The van der Waals surface area contributed by atoms with E-state index in [0.717, 1.165) is 44.6 Å². The lowest BCUT2D eigenvalue weighted by Gasteiger charge is -2.43. The largest absolute Gasteiger partial charge is 0.509 e. The lowest BCUT2D eigenvalue weighted by atomic mass is 9.86. The number of hydrogen-bond donors (Lipinski definition) is 0. The van der Waals surface area contributed by atoms with Crippen LogP contribution >= 0.6 is 0 Å². The average Bonchev–Trinajstić information content (AvgIpc) is 2.70. The zero-order valence-corrected chi connectivity index (χ0v) is 14.8. The first-order chi connectivity index (χ1) is 13.1. The highest BCUT2D eigenvalue weighted by molar-refractivity contribution is 5.61. The van der Waals surface area contributed by atoms with Crippen LogP contribution in [0.25, 0.3) is 0 Å². The summed E-state index contributed by atoms with van der Waals surface area (Å²) in [4.78, 5) is 14.7. The zero-order valence-electron chi connectivity index (χ0n) is 14.8. The third-order valence-corrected chi connectivity index (χ3v) is 5.41. The molecule has 4 nitrogen and oxygen atoms in total. The van der Waals surface area contributed by atoms with Crippen LogP contribution in [-0.2, 0) is 9.47 Å². The molecule has 0 aromatic heterocycles. The summed E-state index contributed by atoms with van der Waals surface area (Å²) in [5.74, 6) is -1.57. The van der Waals surface area contributed by atoms with E-state index < -0.39 is 23.9 Å². The van der Waals surface area contributed by atoms with Crippen LogP contribution in [-0.4, -0.2) is 36.8 Å². The summed E-state index contributed by atoms with van der Waals surface area (Å²) in [6.07, 6.45) is 0.204. The first-order valence-electron chi connectivity index (χ1n) is 9.19. The van der Waals surface area contributed by atoms with E-state index in [4.69, 9.17) is 9.47 Å². The summed E-state index contributed by atoms with van der Waals surface area (Å²) in [5.41, 5.74) is 1.01. The van der Waals surface area contributed by atoms with Crippen molar-refractivity contribution >= 4 is 6.16 Å². The van der Waals surface area contributed by atoms with Gasteiger partial charge in [0.25, 0.3) is 0 Å². The second kappa shape index (κ2) is 7.64. The maximum Gasteiger partial charge on any atom is 0.509 e. The zero-order chi connectivity index (χ0) is 18.8. The number of rotatable bonds is 4. The SMILES string of the molecule is O=C(OC(c1ccccc1)c1ccc(F)c(F)c1)OC1CN2CCC1CC2. The van der Waals surface area contributed by atoms with Crippen molar-refractivity contribution in [1.82, 2.24) is 4.90 Å². The van der Waals surface area contributed by atoms with Crippen LogP contribution < -0.4 is 0 Å². The predicted octanol–water partition coefficient (Wildman–Crippen LogP) is 4.30. The van der Waals surface area contributed by atoms with Gasteiger partial charge in [0, 0.05) is 12.1 Å². The summed E-state index contributed by atoms with van der Waals surface area (Å²) >= 11 is 0. The van der Waals surface area contributed by atoms with Crippen molar-refractivity contribution < 1.29 is 23.0 Å². The number of ether oxygens (including phenoxy) is 2. The molecule has 27 heavy (non-hydrogen) atoms. The molecule has 3 fully saturated rings. The Labute approximate surface area is 156 Å². The minimum Gasteiger partial charge on any atom is -0.429 e. The van der Waals surface area contributed by atoms with Crippen molar-refractivity contribution in [1.29, 1.82) is 0 Å². The van der Waals surface area contributed by atoms with Crippen molar-refractivity contribution in [3.8, 4) is 0 Å². The third kappa shape index (κ3) is 3.95. The molecule has 3 aliphatic rings. The van der Waals surface area contributed by atoms with Crippen molar-refractivity contribution in [2.75, 3.05) is 19.6 Å². The molecule has 3 saturated heterocycles. The quantitative estimate of drug-likeness (QED) is 0.749. The molecule has 0 saturated carbocycles. The molecule has 2 atom stereocenters. The van der Waals surface area contributed by atoms with Gasteiger partial charge in [0.15, 0.2) is 17.7 Å². The monoisotopic (exact) mass is 373 g/mol. The number of nitrogens with zero attached hydrogens (tertiary/aromatic N) is 1. The van der Waals surface area contributed by atoms with E-state index in [9.17, 15) is 13.6 Å². The van der Waals surface area contributed by atoms with E-state index in [1.54, 1.807) is 24.3 Å². The Kier molecular flexibility index (Phi) is 5.07. The smallest absolute Gasteiger partial charge is 0.429 e. The van der Waals surface area contributed by atoms with Gasteiger partial charge in [-0.25, -0.2) is 13.6 Å². The van der Waals surface area contributed by atoms with Crippen LogP contribution in [0.4, 0.5) is 13.6 Å². The number of halogens is 2. The van der Waals surface area contributed by atoms with Gasteiger partial charge in [-0.3, -0.25) is 4.90 Å². The van der Waals surface area contributed by atoms with Crippen LogP contribution in [0.3, 0.4) is 0 Å². The second-order valence-electron chi connectivity index (χ2n) is 7.13. The molecule has 142 valence electrons. The molecular formula is C21H21F2NO3. The summed E-state index contributed by atoms with van der Waals surface area (Å²) in [5, 5.41) is 0. The molecule has 2 bridgehead atoms. The van der Waals surface area contributed by atoms with Gasteiger partial charge in [-0.15, -0.1) is 0 Å². The fourth-order valence-electron chi connectivity index (χ4n) is 3.92. The Morgan fingerprint density at radius 2 is 1.74 bits per heavy atom. The molecule has 3 heterocycles. The minimum absolute atomic E-state index is 0.179. The molecule has 0 spiro atoms. The van der Waals surface area contributed by atoms with Crippen LogP contribution in [0.5, 0.6) is 0 Å². The van der Waals surface area contributed by atoms with Gasteiger partial charge >= 0.3 is 6.16 Å². The average molecular weight is 373 g/mol. The molecule has 0 N–H and O–H groups in total. The van der Waals surface area contributed by atoms with Crippen LogP contribution in [0.1, 0.15) is 30.1 Å². The normalized spacial score (nSPS) is 25.0. The van der Waals surface area contributed by atoms with Crippen molar-refractivity contribution in [3.63, 3.8) is 0 Å². The van der Waals surface area contributed by atoms with Gasteiger partial charge in [0.1, 0.15) is 6.10 Å². The van der Waals surface area contributed by atoms with E-state index in [1.807, 2.05) is 6.07 Å². The molecule has 0 radical (unpaired) electrons. The Bertz CT molecular complexity index is 806. The van der Waals surface area contributed by atoms with Gasteiger partial charge in [0.05, 0.1) is 0 Å². The van der Waals surface area contributed by atoms with E-state index in [-0.39, 0.29) is 6.10 Å². The first-order valence-corrected chi connectivity index (χ1v) is 9.19. The van der Waals surface area contributed by atoms with Crippen molar-refractivity contribution in [3.05, 3.63) is 71.3 Å². The molecule has 3 aliphatic heterocycles. The molecule has 2 aromatic rings. The van der Waals surface area contributed by atoms with Gasteiger partial charge < -0.3 is 9.47 Å². The molecule has 0 aliphatic carbocycles. The highest BCUT2D eigenvalue weighted by Crippen LogP contribution is 2.32. The lowest BCUT2D eigenvalue weighted by Crippen LogP contribution is -2.52. The molecule has 2 unspecified atom stereocenters. The van der Waals surface area contributed by atoms with E-state index in [2.05, 4.69) is 4.90 Å². The molecular weight excluding hydrogens is 352 g/mol.